The fourth-order valence-electron chi connectivity index (χ4n) is 3.16. The number of aryl methyl sites for hydroxylation is 1. The molecule has 0 aromatic heterocycles. The van der Waals surface area contributed by atoms with Crippen molar-refractivity contribution in [3.05, 3.63) is 63.6 Å². The number of amides is 1. The Morgan fingerprint density at radius 3 is 2.31 bits per heavy atom. The standard InChI is InChI=1S/C20H19Cl2N3O3S/c21-17-2-1-3-18(20(17)22)29(27,28)25-12-10-24(11-13-25)19(26)9-8-15-4-6-16(14-23)7-5-15/h1-7H,8-13H2. The van der Waals surface area contributed by atoms with Crippen LogP contribution in [-0.2, 0) is 21.2 Å². The first kappa shape index (κ1) is 21.6. The Bertz CT molecular complexity index is 1040. The molecule has 0 saturated carbocycles. The zero-order chi connectivity index (χ0) is 21.0. The molecule has 1 aliphatic heterocycles. The number of benzene rings is 2. The molecule has 9 heteroatoms. The van der Waals surface area contributed by atoms with E-state index in [1.54, 1.807) is 23.1 Å². The maximum Gasteiger partial charge on any atom is 0.244 e. The summed E-state index contributed by atoms with van der Waals surface area (Å²) in [6, 6.07) is 13.7. The second-order valence-corrected chi connectivity index (χ2v) is 9.34. The number of halogens is 2. The third-order valence-corrected chi connectivity index (χ3v) is 7.71. The van der Waals surface area contributed by atoms with Gasteiger partial charge in [0.2, 0.25) is 15.9 Å². The molecule has 3 rings (SSSR count). The van der Waals surface area contributed by atoms with Crippen molar-refractivity contribution >= 4 is 39.1 Å². The van der Waals surface area contributed by atoms with Gasteiger partial charge in [0.05, 0.1) is 21.7 Å². The van der Waals surface area contributed by atoms with E-state index in [1.807, 2.05) is 12.1 Å². The third-order valence-electron chi connectivity index (χ3n) is 4.84. The second kappa shape index (κ2) is 9.14. The number of nitriles is 1. The van der Waals surface area contributed by atoms with Crippen LogP contribution >= 0.6 is 23.2 Å². The van der Waals surface area contributed by atoms with Gasteiger partial charge in [-0.3, -0.25) is 4.79 Å². The van der Waals surface area contributed by atoms with E-state index in [0.717, 1.165) is 5.56 Å². The summed E-state index contributed by atoms with van der Waals surface area (Å²) in [6.07, 6.45) is 0.903. The van der Waals surface area contributed by atoms with Crippen LogP contribution in [0.25, 0.3) is 0 Å². The minimum atomic E-state index is -3.77. The summed E-state index contributed by atoms with van der Waals surface area (Å²) in [4.78, 5) is 14.1. The van der Waals surface area contributed by atoms with Crippen LogP contribution in [0.1, 0.15) is 17.5 Å². The number of carbonyl (C=O) groups excluding carboxylic acids is 1. The number of piperazine rings is 1. The van der Waals surface area contributed by atoms with E-state index in [1.165, 1.54) is 16.4 Å². The van der Waals surface area contributed by atoms with Crippen LogP contribution in [0, 0.1) is 11.3 Å². The molecule has 0 radical (unpaired) electrons. The predicted octanol–water partition coefficient (Wildman–Crippen LogP) is 3.33. The van der Waals surface area contributed by atoms with Gasteiger partial charge in [-0.1, -0.05) is 41.4 Å². The number of hydrogen-bond donors (Lipinski definition) is 0. The molecule has 2 aromatic rings. The quantitative estimate of drug-likeness (QED) is 0.697. The summed E-state index contributed by atoms with van der Waals surface area (Å²) >= 11 is 12.0. The molecule has 6 nitrogen and oxygen atoms in total. The highest BCUT2D eigenvalue weighted by atomic mass is 35.5. The Balaban J connectivity index is 1.57. The van der Waals surface area contributed by atoms with Crippen molar-refractivity contribution in [2.24, 2.45) is 0 Å². The SMILES string of the molecule is N#Cc1ccc(CCC(=O)N2CCN(S(=O)(=O)c3cccc(Cl)c3Cl)CC2)cc1. The highest BCUT2D eigenvalue weighted by Crippen LogP contribution is 2.31. The van der Waals surface area contributed by atoms with Crippen molar-refractivity contribution in [1.82, 2.24) is 9.21 Å². The lowest BCUT2D eigenvalue weighted by Gasteiger charge is -2.34. The van der Waals surface area contributed by atoms with E-state index in [0.29, 0.717) is 31.5 Å². The minimum absolute atomic E-state index is 0.00934. The van der Waals surface area contributed by atoms with Crippen molar-refractivity contribution in [2.45, 2.75) is 17.7 Å². The summed E-state index contributed by atoms with van der Waals surface area (Å²) in [5.41, 5.74) is 1.56. The molecule has 1 fully saturated rings. The lowest BCUT2D eigenvalue weighted by molar-refractivity contribution is -0.132. The van der Waals surface area contributed by atoms with Gasteiger partial charge in [-0.2, -0.15) is 9.57 Å². The van der Waals surface area contributed by atoms with E-state index in [9.17, 15) is 13.2 Å². The molecule has 0 bridgehead atoms. The summed E-state index contributed by atoms with van der Waals surface area (Å²) in [5.74, 6) is -0.0211. The molecular formula is C20H19Cl2N3O3S. The molecule has 0 atom stereocenters. The van der Waals surface area contributed by atoms with E-state index in [-0.39, 0.29) is 33.9 Å². The number of carbonyl (C=O) groups is 1. The van der Waals surface area contributed by atoms with Crippen molar-refractivity contribution in [2.75, 3.05) is 26.2 Å². The number of sulfonamides is 1. The van der Waals surface area contributed by atoms with Gasteiger partial charge in [-0.15, -0.1) is 0 Å². The topological polar surface area (TPSA) is 81.5 Å². The first-order chi connectivity index (χ1) is 13.8. The van der Waals surface area contributed by atoms with Crippen molar-refractivity contribution in [1.29, 1.82) is 5.26 Å². The molecule has 1 heterocycles. The van der Waals surface area contributed by atoms with Crippen LogP contribution in [0.15, 0.2) is 47.4 Å². The van der Waals surface area contributed by atoms with Gasteiger partial charge in [-0.05, 0) is 36.2 Å². The lowest BCUT2D eigenvalue weighted by Crippen LogP contribution is -2.50. The Morgan fingerprint density at radius 1 is 1.03 bits per heavy atom. The maximum absolute atomic E-state index is 12.9. The molecule has 0 spiro atoms. The zero-order valence-corrected chi connectivity index (χ0v) is 17.8. The number of nitrogens with zero attached hydrogens (tertiary/aromatic N) is 3. The summed E-state index contributed by atoms with van der Waals surface area (Å²) in [6.45, 7) is 1.05. The molecule has 1 saturated heterocycles. The van der Waals surface area contributed by atoms with Gasteiger partial charge >= 0.3 is 0 Å². The normalized spacial score (nSPS) is 15.1. The van der Waals surface area contributed by atoms with Gasteiger partial charge in [-0.25, -0.2) is 8.42 Å². The predicted molar refractivity (Wildman–Crippen MR) is 111 cm³/mol. The molecule has 0 unspecified atom stereocenters. The molecule has 29 heavy (non-hydrogen) atoms. The van der Waals surface area contributed by atoms with Crippen LogP contribution < -0.4 is 0 Å². The highest BCUT2D eigenvalue weighted by Gasteiger charge is 2.31. The molecule has 152 valence electrons. The van der Waals surface area contributed by atoms with Crippen molar-refractivity contribution in [3.63, 3.8) is 0 Å². The van der Waals surface area contributed by atoms with Gasteiger partial charge in [0, 0.05) is 32.6 Å². The Labute approximate surface area is 180 Å². The van der Waals surface area contributed by atoms with Gasteiger partial charge in [0.25, 0.3) is 0 Å². The van der Waals surface area contributed by atoms with E-state index >= 15 is 0 Å². The molecule has 0 N–H and O–H groups in total. The summed E-state index contributed by atoms with van der Waals surface area (Å²) < 4.78 is 27.0. The third kappa shape index (κ3) is 4.90. The summed E-state index contributed by atoms with van der Waals surface area (Å²) in [5, 5.41) is 9.02. The monoisotopic (exact) mass is 451 g/mol. The molecular weight excluding hydrogens is 433 g/mol. The lowest BCUT2D eigenvalue weighted by atomic mass is 10.1. The van der Waals surface area contributed by atoms with E-state index < -0.39 is 10.0 Å². The minimum Gasteiger partial charge on any atom is -0.340 e. The van der Waals surface area contributed by atoms with Gasteiger partial charge < -0.3 is 4.90 Å². The van der Waals surface area contributed by atoms with Crippen LogP contribution in [0.2, 0.25) is 10.0 Å². The van der Waals surface area contributed by atoms with E-state index in [2.05, 4.69) is 6.07 Å². The van der Waals surface area contributed by atoms with Crippen LogP contribution in [0.4, 0.5) is 0 Å². The van der Waals surface area contributed by atoms with Gasteiger partial charge in [0.1, 0.15) is 4.90 Å². The number of hydrogen-bond acceptors (Lipinski definition) is 4. The smallest absolute Gasteiger partial charge is 0.244 e. The van der Waals surface area contributed by atoms with Crippen molar-refractivity contribution in [3.8, 4) is 6.07 Å². The maximum atomic E-state index is 12.9. The first-order valence-electron chi connectivity index (χ1n) is 9.04. The molecule has 0 aliphatic carbocycles. The largest absolute Gasteiger partial charge is 0.340 e. The highest BCUT2D eigenvalue weighted by molar-refractivity contribution is 7.89. The zero-order valence-electron chi connectivity index (χ0n) is 15.5. The Kier molecular flexibility index (Phi) is 6.81. The van der Waals surface area contributed by atoms with Crippen LogP contribution in [-0.4, -0.2) is 49.7 Å². The molecule has 1 aliphatic rings. The first-order valence-corrected chi connectivity index (χ1v) is 11.2. The fraction of sp³-hybridized carbons (Fsp3) is 0.300. The number of rotatable bonds is 5. The average Bonchev–Trinajstić information content (AvgIpc) is 2.74. The molecule has 2 aromatic carbocycles. The fourth-order valence-corrected chi connectivity index (χ4v) is 5.31. The van der Waals surface area contributed by atoms with Gasteiger partial charge in [0.15, 0.2) is 0 Å². The van der Waals surface area contributed by atoms with E-state index in [4.69, 9.17) is 28.5 Å². The summed E-state index contributed by atoms with van der Waals surface area (Å²) in [7, 11) is -3.77. The Morgan fingerprint density at radius 2 is 1.69 bits per heavy atom. The van der Waals surface area contributed by atoms with Crippen LogP contribution in [0.5, 0.6) is 0 Å². The molecule has 1 amide bonds. The average molecular weight is 452 g/mol. The second-order valence-electron chi connectivity index (χ2n) is 6.65. The van der Waals surface area contributed by atoms with Crippen LogP contribution in [0.3, 0.4) is 0 Å². The Hall–Kier alpha value is -2.11. The van der Waals surface area contributed by atoms with Crippen molar-refractivity contribution < 1.29 is 13.2 Å².